The van der Waals surface area contributed by atoms with Crippen LogP contribution in [0.2, 0.25) is 0 Å². The van der Waals surface area contributed by atoms with E-state index >= 15 is 0 Å². The highest BCUT2D eigenvalue weighted by Crippen LogP contribution is 2.49. The van der Waals surface area contributed by atoms with Crippen LogP contribution in [0.4, 0.5) is 5.69 Å². The quantitative estimate of drug-likeness (QED) is 0.0445. The number of nitro benzene ring substituents is 1. The first-order chi connectivity index (χ1) is 20.4. The zero-order valence-corrected chi connectivity index (χ0v) is 25.1. The first kappa shape index (κ1) is 29.2. The van der Waals surface area contributed by atoms with Gasteiger partial charge in [0.25, 0.3) is 5.69 Å². The number of esters is 1. The minimum atomic E-state index is -3.01. The predicted molar refractivity (Wildman–Crippen MR) is 171 cm³/mol. The minimum Gasteiger partial charge on any atom is -0.456 e. The largest absolute Gasteiger partial charge is 0.456 e. The number of benzene rings is 4. The minimum absolute atomic E-state index is 0.0543. The van der Waals surface area contributed by atoms with Crippen LogP contribution in [0.25, 0.3) is 0 Å². The van der Waals surface area contributed by atoms with Gasteiger partial charge in [-0.1, -0.05) is 113 Å². The van der Waals surface area contributed by atoms with Gasteiger partial charge >= 0.3 is 5.97 Å². The van der Waals surface area contributed by atoms with Crippen molar-refractivity contribution in [1.29, 1.82) is 0 Å². The Morgan fingerprint density at radius 3 is 1.79 bits per heavy atom. The molecule has 5 rings (SSSR count). The second-order valence-electron chi connectivity index (χ2n) is 9.70. The first-order valence-electron chi connectivity index (χ1n) is 13.3. The van der Waals surface area contributed by atoms with Crippen molar-refractivity contribution in [3.05, 3.63) is 144 Å². The molecule has 42 heavy (non-hydrogen) atoms. The fraction of sp³-hybridized carbons (Fsp3) is 0.121. The van der Waals surface area contributed by atoms with Crippen LogP contribution >= 0.6 is 22.8 Å². The molecule has 0 aliphatic carbocycles. The lowest BCUT2D eigenvalue weighted by Gasteiger charge is -2.47. The standard InChI is InChI=1S/C33H28BrN2O5P/c1-2-12-29-30(34)31(37)35(29)32(33(38)41-23-24-19-21-25(22-20-24)36(39)40)42(26-13-6-3-7-14-26,27-15-8-4-9-16-27)28-17-10-5-11-18-28/h2-11,13-22,29-30H,1,12,23H2/t29-,30-/m1/s1. The maximum absolute atomic E-state index is 14.5. The number of nitro groups is 1. The number of non-ortho nitro benzene ring substituents is 1. The number of β-lactam (4-membered cyclic amide) rings is 1. The van der Waals surface area contributed by atoms with Crippen LogP contribution in [0.1, 0.15) is 12.0 Å². The lowest BCUT2D eigenvalue weighted by molar-refractivity contribution is -0.384. The molecule has 212 valence electrons. The van der Waals surface area contributed by atoms with Gasteiger partial charge in [0.15, 0.2) is 0 Å². The highest BCUT2D eigenvalue weighted by atomic mass is 79.9. The van der Waals surface area contributed by atoms with Crippen LogP contribution in [0, 0.1) is 10.1 Å². The maximum atomic E-state index is 14.5. The Labute approximate surface area is 252 Å². The third kappa shape index (κ3) is 5.36. The van der Waals surface area contributed by atoms with E-state index in [0.29, 0.717) is 12.0 Å². The van der Waals surface area contributed by atoms with Gasteiger partial charge in [0, 0.05) is 19.0 Å². The molecule has 1 fully saturated rings. The highest BCUT2D eigenvalue weighted by molar-refractivity contribution is 9.10. The van der Waals surface area contributed by atoms with Crippen molar-refractivity contribution in [1.82, 2.24) is 4.90 Å². The zero-order chi connectivity index (χ0) is 29.7. The summed E-state index contributed by atoms with van der Waals surface area (Å²) in [6.07, 6.45) is 2.21. The van der Waals surface area contributed by atoms with E-state index < -0.39 is 22.6 Å². The number of amides is 1. The number of halogens is 1. The van der Waals surface area contributed by atoms with Crippen LogP contribution in [0.5, 0.6) is 0 Å². The summed E-state index contributed by atoms with van der Waals surface area (Å²) in [6, 6.07) is 34.9. The van der Waals surface area contributed by atoms with Gasteiger partial charge in [0.2, 0.25) is 5.91 Å². The van der Waals surface area contributed by atoms with Crippen LogP contribution in [-0.2, 0) is 20.9 Å². The van der Waals surface area contributed by atoms with Crippen molar-refractivity contribution < 1.29 is 19.2 Å². The molecule has 2 atom stereocenters. The Morgan fingerprint density at radius 1 is 0.881 bits per heavy atom. The fourth-order valence-electron chi connectivity index (χ4n) is 5.26. The number of rotatable bonds is 10. The van der Waals surface area contributed by atoms with E-state index in [0.717, 1.165) is 15.9 Å². The normalized spacial score (nSPS) is 16.3. The van der Waals surface area contributed by atoms with Crippen LogP contribution < -0.4 is 15.9 Å². The Kier molecular flexibility index (Phi) is 8.86. The average Bonchev–Trinajstić information content (AvgIpc) is 3.04. The molecule has 0 radical (unpaired) electrons. The summed E-state index contributed by atoms with van der Waals surface area (Å²) in [4.78, 5) is 40.0. The first-order valence-corrected chi connectivity index (χ1v) is 16.0. The topological polar surface area (TPSA) is 89.8 Å². The monoisotopic (exact) mass is 642 g/mol. The summed E-state index contributed by atoms with van der Waals surface area (Å²) in [6.45, 7) is 0.764. The SMILES string of the molecule is C=CC[C@@H]1[C@@H](Br)C(=O)N1C(C(=O)OCc1ccc([N+](=O)[O-])cc1)=P(c1ccccc1)(c1ccccc1)c1ccccc1. The van der Waals surface area contributed by atoms with Gasteiger partial charge in [-0.3, -0.25) is 19.8 Å². The van der Waals surface area contributed by atoms with E-state index in [1.807, 2.05) is 91.0 Å². The number of likely N-dealkylation sites (tertiary alicyclic amines) is 1. The average molecular weight is 643 g/mol. The molecule has 0 unspecified atom stereocenters. The van der Waals surface area contributed by atoms with Gasteiger partial charge in [-0.05, 0) is 40.0 Å². The number of ether oxygens (including phenoxy) is 1. The smallest absolute Gasteiger partial charge is 0.356 e. The van der Waals surface area contributed by atoms with Crippen molar-refractivity contribution in [2.24, 2.45) is 0 Å². The van der Waals surface area contributed by atoms with Gasteiger partial charge in [0.05, 0.1) is 11.0 Å². The molecule has 0 saturated carbocycles. The third-order valence-corrected chi connectivity index (χ3v) is 12.5. The summed E-state index contributed by atoms with van der Waals surface area (Å²) >= 11 is 3.53. The molecule has 7 nitrogen and oxygen atoms in total. The third-order valence-electron chi connectivity index (χ3n) is 7.23. The lowest BCUT2D eigenvalue weighted by atomic mass is 9.98. The van der Waals surface area contributed by atoms with Crippen LogP contribution in [-0.4, -0.2) is 38.0 Å². The number of hydrogen-bond acceptors (Lipinski definition) is 5. The highest BCUT2D eigenvalue weighted by Gasteiger charge is 2.52. The molecule has 0 aromatic heterocycles. The van der Waals surface area contributed by atoms with Gasteiger partial charge < -0.3 is 4.74 Å². The summed E-state index contributed by atoms with van der Waals surface area (Å²) < 4.78 is 5.97. The Balaban J connectivity index is 1.80. The predicted octanol–water partition coefficient (Wildman–Crippen LogP) is 5.31. The van der Waals surface area contributed by atoms with E-state index in [1.165, 1.54) is 12.1 Å². The number of carbonyl (C=O) groups is 2. The van der Waals surface area contributed by atoms with Crippen molar-refractivity contribution in [2.45, 2.75) is 23.9 Å². The Hall–Kier alpha value is -4.26. The van der Waals surface area contributed by atoms with Gasteiger partial charge in [-0.2, -0.15) is 0 Å². The van der Waals surface area contributed by atoms with E-state index in [4.69, 9.17) is 4.74 Å². The number of alkyl halides is 1. The molecule has 1 aliphatic rings. The molecule has 0 spiro atoms. The van der Waals surface area contributed by atoms with E-state index in [2.05, 4.69) is 22.5 Å². The van der Waals surface area contributed by atoms with Crippen molar-refractivity contribution in [2.75, 3.05) is 0 Å². The molecule has 0 N–H and O–H groups in total. The molecule has 4 aromatic rings. The molecule has 1 heterocycles. The second-order valence-corrected chi connectivity index (χ2v) is 14.0. The van der Waals surface area contributed by atoms with Gasteiger partial charge in [-0.15, -0.1) is 6.58 Å². The maximum Gasteiger partial charge on any atom is 0.356 e. The van der Waals surface area contributed by atoms with Crippen LogP contribution in [0.3, 0.4) is 0 Å². The van der Waals surface area contributed by atoms with Gasteiger partial charge in [0.1, 0.15) is 16.9 Å². The fourth-order valence-corrected chi connectivity index (χ4v) is 10.3. The zero-order valence-electron chi connectivity index (χ0n) is 22.6. The number of hydrogen-bond donors (Lipinski definition) is 0. The number of carbonyl (C=O) groups excluding carboxylic acids is 2. The van der Waals surface area contributed by atoms with E-state index in [1.54, 1.807) is 23.1 Å². The van der Waals surface area contributed by atoms with E-state index in [9.17, 15) is 19.7 Å². The molecule has 9 heteroatoms. The van der Waals surface area contributed by atoms with Crippen molar-refractivity contribution in [3.63, 3.8) is 0 Å². The summed E-state index contributed by atoms with van der Waals surface area (Å²) in [7, 11) is 0. The molecule has 0 bridgehead atoms. The van der Waals surface area contributed by atoms with Gasteiger partial charge in [-0.25, -0.2) is 4.79 Å². The number of nitrogens with zero attached hydrogens (tertiary/aromatic N) is 2. The lowest BCUT2D eigenvalue weighted by Crippen LogP contribution is -2.66. The second kappa shape index (κ2) is 12.7. The van der Waals surface area contributed by atoms with Crippen molar-refractivity contribution >= 4 is 61.7 Å². The Morgan fingerprint density at radius 2 is 1.36 bits per heavy atom. The molecule has 1 saturated heterocycles. The Bertz CT molecular complexity index is 1560. The van der Waals surface area contributed by atoms with E-state index in [-0.39, 0.29) is 29.7 Å². The molecule has 1 amide bonds. The summed E-state index contributed by atoms with van der Waals surface area (Å²) in [5.74, 6) is -0.851. The molecular weight excluding hydrogens is 615 g/mol. The molecule has 1 aliphatic heterocycles. The summed E-state index contributed by atoms with van der Waals surface area (Å²) in [5.41, 5.74) is 0.814. The molecule has 4 aromatic carbocycles. The van der Waals surface area contributed by atoms with Crippen LogP contribution in [0.15, 0.2) is 128 Å². The van der Waals surface area contributed by atoms with Crippen molar-refractivity contribution in [3.8, 4) is 0 Å². The molecular formula is C33H28BrN2O5P. The summed E-state index contributed by atoms with van der Waals surface area (Å²) in [5, 5.41) is 13.8.